The minimum atomic E-state index is -0.728. The maximum atomic E-state index is 13.2. The first kappa shape index (κ1) is 24.9. The summed E-state index contributed by atoms with van der Waals surface area (Å²) in [7, 11) is 1.53. The fourth-order valence-electron chi connectivity index (χ4n) is 3.34. The number of anilines is 2. The van der Waals surface area contributed by atoms with Crippen molar-refractivity contribution >= 4 is 23.3 Å². The van der Waals surface area contributed by atoms with E-state index in [1.165, 1.54) is 21.4 Å². The first-order chi connectivity index (χ1) is 14.9. The average Bonchev–Trinajstić information content (AvgIpc) is 2.69. The van der Waals surface area contributed by atoms with Gasteiger partial charge in [-0.05, 0) is 30.9 Å². The molecular formula is C23H33N5O4. The highest BCUT2D eigenvalue weighted by atomic mass is 16.2. The first-order valence-corrected chi connectivity index (χ1v) is 10.7. The van der Waals surface area contributed by atoms with E-state index in [1.807, 2.05) is 46.8 Å². The first-order valence-electron chi connectivity index (χ1n) is 10.7. The third-order valence-electron chi connectivity index (χ3n) is 4.90. The molecule has 3 N–H and O–H groups in total. The number of benzene rings is 1. The van der Waals surface area contributed by atoms with Gasteiger partial charge in [0.2, 0.25) is 5.91 Å². The van der Waals surface area contributed by atoms with Crippen molar-refractivity contribution in [2.45, 2.75) is 41.2 Å². The molecule has 2 amide bonds. The van der Waals surface area contributed by atoms with Crippen LogP contribution in [0.3, 0.4) is 0 Å². The molecule has 174 valence electrons. The van der Waals surface area contributed by atoms with Gasteiger partial charge >= 0.3 is 5.69 Å². The normalized spacial score (nSPS) is 11.1. The summed E-state index contributed by atoms with van der Waals surface area (Å²) in [6.45, 7) is 9.81. The number of nitrogens with two attached hydrogens (primary N) is 1. The Morgan fingerprint density at radius 3 is 2.19 bits per heavy atom. The van der Waals surface area contributed by atoms with E-state index in [-0.39, 0.29) is 42.3 Å². The molecule has 0 aliphatic rings. The molecule has 1 aromatic heterocycles. The van der Waals surface area contributed by atoms with E-state index in [2.05, 4.69) is 4.98 Å². The van der Waals surface area contributed by atoms with Gasteiger partial charge in [0.05, 0.1) is 0 Å². The van der Waals surface area contributed by atoms with E-state index in [0.29, 0.717) is 12.1 Å². The van der Waals surface area contributed by atoms with Crippen LogP contribution in [0.15, 0.2) is 33.9 Å². The molecule has 0 fully saturated rings. The number of nitrogens with zero attached hydrogens (tertiary/aromatic N) is 3. The quantitative estimate of drug-likeness (QED) is 0.645. The maximum Gasteiger partial charge on any atom is 0.330 e. The van der Waals surface area contributed by atoms with Crippen molar-refractivity contribution in [2.24, 2.45) is 11.8 Å². The number of likely N-dealkylation sites (N-methyl/N-ethyl adjacent to an activating group) is 1. The van der Waals surface area contributed by atoms with E-state index in [1.54, 1.807) is 12.1 Å². The number of amides is 2. The molecule has 9 heteroatoms. The lowest BCUT2D eigenvalue weighted by Gasteiger charge is -2.28. The Hall–Kier alpha value is -3.36. The summed E-state index contributed by atoms with van der Waals surface area (Å²) in [4.78, 5) is 55.8. The van der Waals surface area contributed by atoms with Gasteiger partial charge in [0, 0.05) is 25.7 Å². The second-order valence-electron chi connectivity index (χ2n) is 8.92. The number of aryl methyl sites for hydroxylation is 1. The monoisotopic (exact) mass is 443 g/mol. The molecule has 0 spiro atoms. The molecule has 9 nitrogen and oxygen atoms in total. The van der Waals surface area contributed by atoms with Gasteiger partial charge in [-0.2, -0.15) is 0 Å². The second kappa shape index (κ2) is 10.3. The van der Waals surface area contributed by atoms with Crippen LogP contribution in [0.25, 0.3) is 0 Å². The molecule has 0 saturated heterocycles. The SMILES string of the molecule is Cc1ccc(C(=O)N(C)CC(=O)N(CC(C)C)c2c(N)n(CC(C)C)c(=O)[nH]c2=O)cc1. The van der Waals surface area contributed by atoms with Crippen molar-refractivity contribution in [1.82, 2.24) is 14.5 Å². The van der Waals surface area contributed by atoms with Gasteiger partial charge in [-0.25, -0.2) is 4.79 Å². The lowest BCUT2D eigenvalue weighted by Crippen LogP contribution is -2.47. The highest BCUT2D eigenvalue weighted by Gasteiger charge is 2.27. The molecule has 1 aromatic carbocycles. The summed E-state index contributed by atoms with van der Waals surface area (Å²) in [6.07, 6.45) is 0. The number of hydrogen-bond acceptors (Lipinski definition) is 5. The number of H-pyrrole nitrogens is 1. The summed E-state index contributed by atoms with van der Waals surface area (Å²) >= 11 is 0. The Balaban J connectivity index is 2.40. The van der Waals surface area contributed by atoms with Crippen molar-refractivity contribution in [2.75, 3.05) is 30.8 Å². The fraction of sp³-hybridized carbons (Fsp3) is 0.478. The Labute approximate surface area is 187 Å². The predicted octanol–water partition coefficient (Wildman–Crippen LogP) is 1.84. The molecular weight excluding hydrogens is 410 g/mol. The molecule has 2 aromatic rings. The summed E-state index contributed by atoms with van der Waals surface area (Å²) in [6, 6.07) is 7.06. The second-order valence-corrected chi connectivity index (χ2v) is 8.92. The lowest BCUT2D eigenvalue weighted by atomic mass is 10.1. The Bertz CT molecular complexity index is 1080. The topological polar surface area (TPSA) is 121 Å². The van der Waals surface area contributed by atoms with Crippen LogP contribution in [0, 0.1) is 18.8 Å². The molecule has 0 aliphatic carbocycles. The van der Waals surface area contributed by atoms with Crippen molar-refractivity contribution < 1.29 is 9.59 Å². The molecule has 0 radical (unpaired) electrons. The van der Waals surface area contributed by atoms with Crippen LogP contribution in [0.1, 0.15) is 43.6 Å². The van der Waals surface area contributed by atoms with Crippen LogP contribution in [0.4, 0.5) is 11.5 Å². The molecule has 0 unspecified atom stereocenters. The third-order valence-corrected chi connectivity index (χ3v) is 4.90. The Morgan fingerprint density at radius 1 is 1.06 bits per heavy atom. The predicted molar refractivity (Wildman–Crippen MR) is 126 cm³/mol. The average molecular weight is 444 g/mol. The smallest absolute Gasteiger partial charge is 0.330 e. The van der Waals surface area contributed by atoms with Gasteiger partial charge in [0.15, 0.2) is 5.69 Å². The van der Waals surface area contributed by atoms with Crippen LogP contribution in [-0.2, 0) is 11.3 Å². The highest BCUT2D eigenvalue weighted by Crippen LogP contribution is 2.20. The van der Waals surface area contributed by atoms with Gasteiger partial charge in [0.25, 0.3) is 11.5 Å². The minimum Gasteiger partial charge on any atom is -0.383 e. The summed E-state index contributed by atoms with van der Waals surface area (Å²) in [5, 5.41) is 0. The Morgan fingerprint density at radius 2 is 1.66 bits per heavy atom. The molecule has 0 saturated carbocycles. The molecule has 0 bridgehead atoms. The summed E-state index contributed by atoms with van der Waals surface area (Å²) in [5.41, 5.74) is 6.28. The lowest BCUT2D eigenvalue weighted by molar-refractivity contribution is -0.119. The molecule has 0 aliphatic heterocycles. The van der Waals surface area contributed by atoms with Gasteiger partial charge < -0.3 is 15.5 Å². The van der Waals surface area contributed by atoms with Crippen molar-refractivity contribution in [3.8, 4) is 0 Å². The van der Waals surface area contributed by atoms with Gasteiger partial charge in [0.1, 0.15) is 12.4 Å². The van der Waals surface area contributed by atoms with E-state index in [4.69, 9.17) is 5.73 Å². The van der Waals surface area contributed by atoms with Gasteiger partial charge in [-0.3, -0.25) is 23.9 Å². The van der Waals surface area contributed by atoms with Crippen molar-refractivity contribution in [3.63, 3.8) is 0 Å². The fourth-order valence-corrected chi connectivity index (χ4v) is 3.34. The number of nitrogen functional groups attached to an aromatic ring is 1. The van der Waals surface area contributed by atoms with E-state index in [0.717, 1.165) is 5.56 Å². The van der Waals surface area contributed by atoms with Crippen LogP contribution in [0.2, 0.25) is 0 Å². The Kier molecular flexibility index (Phi) is 8.02. The standard InChI is InChI=1S/C23H33N5O4/c1-14(2)11-27(19-20(24)28(12-15(3)4)23(32)25-21(19)30)18(29)13-26(6)22(31)17-9-7-16(5)8-10-17/h7-10,14-15H,11-13,24H2,1-6H3,(H,25,30,32). The van der Waals surface area contributed by atoms with E-state index >= 15 is 0 Å². The zero-order valence-electron chi connectivity index (χ0n) is 19.6. The number of aromatic amines is 1. The van der Waals surface area contributed by atoms with Gasteiger partial charge in [-0.15, -0.1) is 0 Å². The van der Waals surface area contributed by atoms with Crippen LogP contribution in [0.5, 0.6) is 0 Å². The molecule has 0 atom stereocenters. The van der Waals surface area contributed by atoms with Crippen molar-refractivity contribution in [1.29, 1.82) is 0 Å². The number of aromatic nitrogens is 2. The zero-order valence-corrected chi connectivity index (χ0v) is 19.6. The third kappa shape index (κ3) is 5.87. The zero-order chi connectivity index (χ0) is 24.2. The summed E-state index contributed by atoms with van der Waals surface area (Å²) < 4.78 is 1.27. The van der Waals surface area contributed by atoms with Gasteiger partial charge in [-0.1, -0.05) is 45.4 Å². The number of rotatable bonds is 8. The molecule has 2 rings (SSSR count). The van der Waals surface area contributed by atoms with E-state index in [9.17, 15) is 19.2 Å². The minimum absolute atomic E-state index is 0.0151. The van der Waals surface area contributed by atoms with Crippen molar-refractivity contribution in [3.05, 3.63) is 56.2 Å². The molecule has 1 heterocycles. The number of nitrogens with one attached hydrogen (secondary N) is 1. The number of carbonyl (C=O) groups is 2. The van der Waals surface area contributed by atoms with E-state index < -0.39 is 17.2 Å². The molecule has 32 heavy (non-hydrogen) atoms. The van der Waals surface area contributed by atoms with Crippen LogP contribution >= 0.6 is 0 Å². The maximum absolute atomic E-state index is 13.2. The number of hydrogen-bond donors (Lipinski definition) is 2. The van der Waals surface area contributed by atoms with Crippen LogP contribution in [-0.4, -0.2) is 46.4 Å². The largest absolute Gasteiger partial charge is 0.383 e. The summed E-state index contributed by atoms with van der Waals surface area (Å²) in [5.74, 6) is -0.723. The van der Waals surface area contributed by atoms with Crippen LogP contribution < -0.4 is 21.9 Å². The highest BCUT2D eigenvalue weighted by molar-refractivity contribution is 6.01. The number of carbonyl (C=O) groups excluding carboxylic acids is 2.